The minimum Gasteiger partial charge on any atom is -0.416 e. The second kappa shape index (κ2) is 9.77. The molecular formula is C22H16BrN3O5. The number of ether oxygens (including phenoxy) is 1. The van der Waals surface area contributed by atoms with Gasteiger partial charge in [0.2, 0.25) is 5.75 Å². The molecule has 1 N–H and O–H groups in total. The number of rotatable bonds is 6. The SMILES string of the molecule is Cc1cccc(C(=O)Oc2ccc(C=NNC(=O)c3cccc(Br)c3)cc2[N+](=O)[O-])c1. The second-order valence-electron chi connectivity index (χ2n) is 6.45. The Hall–Kier alpha value is -3.85. The number of benzene rings is 3. The Kier molecular flexibility index (Phi) is 6.88. The monoisotopic (exact) mass is 481 g/mol. The Balaban J connectivity index is 1.74. The number of aryl methyl sites for hydroxylation is 1. The number of amides is 1. The maximum atomic E-state index is 12.3. The molecule has 3 aromatic rings. The minimum absolute atomic E-state index is 0.188. The van der Waals surface area contributed by atoms with Crippen LogP contribution in [0.2, 0.25) is 0 Å². The lowest BCUT2D eigenvalue weighted by Crippen LogP contribution is -2.17. The van der Waals surface area contributed by atoms with Crippen LogP contribution in [-0.4, -0.2) is 23.0 Å². The van der Waals surface area contributed by atoms with E-state index in [4.69, 9.17) is 4.74 Å². The Labute approximate surface area is 185 Å². The summed E-state index contributed by atoms with van der Waals surface area (Å²) in [6.07, 6.45) is 1.26. The van der Waals surface area contributed by atoms with Crippen LogP contribution < -0.4 is 10.2 Å². The molecule has 0 heterocycles. The fourth-order valence-electron chi connectivity index (χ4n) is 2.63. The van der Waals surface area contributed by atoms with Crippen LogP contribution in [0.4, 0.5) is 5.69 Å². The summed E-state index contributed by atoms with van der Waals surface area (Å²) in [5, 5.41) is 15.3. The first-order valence-electron chi connectivity index (χ1n) is 9.00. The number of halogens is 1. The third-order valence-electron chi connectivity index (χ3n) is 4.10. The van der Waals surface area contributed by atoms with Crippen LogP contribution in [0.1, 0.15) is 31.8 Å². The highest BCUT2D eigenvalue weighted by Gasteiger charge is 2.19. The van der Waals surface area contributed by atoms with Gasteiger partial charge in [-0.05, 0) is 49.4 Å². The molecule has 0 aliphatic rings. The summed E-state index contributed by atoms with van der Waals surface area (Å²) in [5.41, 5.74) is 3.84. The van der Waals surface area contributed by atoms with Crippen molar-refractivity contribution < 1.29 is 19.2 Å². The van der Waals surface area contributed by atoms with Crippen LogP contribution in [0.15, 0.2) is 76.3 Å². The van der Waals surface area contributed by atoms with E-state index in [1.54, 1.807) is 42.5 Å². The van der Waals surface area contributed by atoms with E-state index >= 15 is 0 Å². The maximum absolute atomic E-state index is 12.3. The van der Waals surface area contributed by atoms with Gasteiger partial charge in [-0.15, -0.1) is 0 Å². The molecule has 0 fully saturated rings. The van der Waals surface area contributed by atoms with Crippen LogP contribution in [0.3, 0.4) is 0 Å². The average molecular weight is 482 g/mol. The molecule has 1 amide bonds. The third kappa shape index (κ3) is 5.83. The first-order chi connectivity index (χ1) is 14.8. The number of hydrogen-bond donors (Lipinski definition) is 1. The number of nitro groups is 1. The smallest absolute Gasteiger partial charge is 0.343 e. The van der Waals surface area contributed by atoms with Crippen molar-refractivity contribution >= 4 is 39.7 Å². The summed E-state index contributed by atoms with van der Waals surface area (Å²) in [7, 11) is 0. The normalized spacial score (nSPS) is 10.6. The van der Waals surface area contributed by atoms with Crippen molar-refractivity contribution in [2.24, 2.45) is 5.10 Å². The molecule has 0 aliphatic carbocycles. The number of hydrazone groups is 1. The Morgan fingerprint density at radius 2 is 1.81 bits per heavy atom. The van der Waals surface area contributed by atoms with E-state index in [0.717, 1.165) is 10.0 Å². The van der Waals surface area contributed by atoms with E-state index in [1.165, 1.54) is 24.4 Å². The lowest BCUT2D eigenvalue weighted by molar-refractivity contribution is -0.385. The van der Waals surface area contributed by atoms with E-state index in [1.807, 2.05) is 13.0 Å². The van der Waals surface area contributed by atoms with E-state index < -0.39 is 22.5 Å². The average Bonchev–Trinajstić information content (AvgIpc) is 2.74. The highest BCUT2D eigenvalue weighted by Crippen LogP contribution is 2.28. The molecule has 0 aliphatic heterocycles. The summed E-state index contributed by atoms with van der Waals surface area (Å²) in [6.45, 7) is 1.82. The highest BCUT2D eigenvalue weighted by atomic mass is 79.9. The molecule has 0 aromatic heterocycles. The summed E-state index contributed by atoms with van der Waals surface area (Å²) >= 11 is 3.28. The maximum Gasteiger partial charge on any atom is 0.343 e. The Bertz CT molecular complexity index is 1190. The van der Waals surface area contributed by atoms with E-state index in [-0.39, 0.29) is 11.3 Å². The summed E-state index contributed by atoms with van der Waals surface area (Å²) in [5.74, 6) is -1.32. The number of carbonyl (C=O) groups excluding carboxylic acids is 2. The quantitative estimate of drug-likeness (QED) is 0.181. The minimum atomic E-state index is -0.700. The zero-order valence-corrected chi connectivity index (χ0v) is 17.8. The van der Waals surface area contributed by atoms with Crippen LogP contribution in [0.25, 0.3) is 0 Å². The van der Waals surface area contributed by atoms with Gasteiger partial charge in [0.1, 0.15) is 0 Å². The van der Waals surface area contributed by atoms with Gasteiger partial charge in [-0.25, -0.2) is 10.2 Å². The fourth-order valence-corrected chi connectivity index (χ4v) is 3.03. The fraction of sp³-hybridized carbons (Fsp3) is 0.0455. The molecule has 0 saturated carbocycles. The van der Waals surface area contributed by atoms with Gasteiger partial charge in [0.15, 0.2) is 0 Å². The van der Waals surface area contributed by atoms with Gasteiger partial charge in [-0.2, -0.15) is 5.10 Å². The van der Waals surface area contributed by atoms with Crippen LogP contribution in [-0.2, 0) is 0 Å². The molecule has 0 unspecified atom stereocenters. The second-order valence-corrected chi connectivity index (χ2v) is 7.37. The van der Waals surface area contributed by atoms with Gasteiger partial charge >= 0.3 is 11.7 Å². The summed E-state index contributed by atoms with van der Waals surface area (Å²) < 4.78 is 5.96. The zero-order valence-electron chi connectivity index (χ0n) is 16.2. The van der Waals surface area contributed by atoms with Gasteiger partial charge in [0.05, 0.1) is 16.7 Å². The van der Waals surface area contributed by atoms with Crippen LogP contribution in [0, 0.1) is 17.0 Å². The first-order valence-corrected chi connectivity index (χ1v) is 9.79. The van der Waals surface area contributed by atoms with Gasteiger partial charge in [-0.3, -0.25) is 14.9 Å². The molecule has 8 nitrogen and oxygen atoms in total. The summed E-state index contributed by atoms with van der Waals surface area (Å²) in [4.78, 5) is 35.2. The molecule has 0 atom stereocenters. The van der Waals surface area contributed by atoms with Crippen molar-refractivity contribution in [3.05, 3.63) is 104 Å². The van der Waals surface area contributed by atoms with Crippen molar-refractivity contribution in [3.63, 3.8) is 0 Å². The number of nitrogens with one attached hydrogen (secondary N) is 1. The van der Waals surface area contributed by atoms with Crippen molar-refractivity contribution in [1.29, 1.82) is 0 Å². The molecule has 0 radical (unpaired) electrons. The zero-order chi connectivity index (χ0) is 22.4. The molecule has 156 valence electrons. The highest BCUT2D eigenvalue weighted by molar-refractivity contribution is 9.10. The predicted molar refractivity (Wildman–Crippen MR) is 118 cm³/mol. The lowest BCUT2D eigenvalue weighted by Gasteiger charge is -2.06. The van der Waals surface area contributed by atoms with E-state index in [0.29, 0.717) is 11.1 Å². The number of nitro benzene ring substituents is 1. The van der Waals surface area contributed by atoms with Gasteiger partial charge in [0, 0.05) is 21.7 Å². The van der Waals surface area contributed by atoms with Crippen LogP contribution >= 0.6 is 15.9 Å². The van der Waals surface area contributed by atoms with Gasteiger partial charge in [-0.1, -0.05) is 39.7 Å². The molecule has 0 saturated heterocycles. The lowest BCUT2D eigenvalue weighted by atomic mass is 10.1. The standard InChI is InChI=1S/C22H16BrN3O5/c1-14-4-2-6-17(10-14)22(28)31-20-9-8-15(11-19(20)26(29)30)13-24-25-21(27)16-5-3-7-18(23)12-16/h2-13H,1H3,(H,25,27). The van der Waals surface area contributed by atoms with Crippen molar-refractivity contribution in [1.82, 2.24) is 5.43 Å². The molecule has 3 rings (SSSR count). The van der Waals surface area contributed by atoms with Gasteiger partial charge < -0.3 is 4.74 Å². The predicted octanol–water partition coefficient (Wildman–Crippen LogP) is 4.65. The van der Waals surface area contributed by atoms with Crippen molar-refractivity contribution in [2.45, 2.75) is 6.92 Å². The topological polar surface area (TPSA) is 111 Å². The number of hydrogen-bond acceptors (Lipinski definition) is 6. The first kappa shape index (κ1) is 21.8. The molecular weight excluding hydrogens is 466 g/mol. The van der Waals surface area contributed by atoms with E-state index in [2.05, 4.69) is 26.5 Å². The molecule has 0 spiro atoms. The number of nitrogens with zero attached hydrogens (tertiary/aromatic N) is 2. The summed E-state index contributed by atoms with van der Waals surface area (Å²) in [6, 6.07) is 17.5. The molecule has 3 aromatic carbocycles. The van der Waals surface area contributed by atoms with Gasteiger partial charge in [0.25, 0.3) is 5.91 Å². The Morgan fingerprint density at radius 1 is 1.06 bits per heavy atom. The Morgan fingerprint density at radius 3 is 2.52 bits per heavy atom. The molecule has 31 heavy (non-hydrogen) atoms. The van der Waals surface area contributed by atoms with Crippen molar-refractivity contribution in [2.75, 3.05) is 0 Å². The largest absolute Gasteiger partial charge is 0.416 e. The number of esters is 1. The number of carbonyl (C=O) groups is 2. The van der Waals surface area contributed by atoms with Crippen molar-refractivity contribution in [3.8, 4) is 5.75 Å². The molecule has 9 heteroatoms. The third-order valence-corrected chi connectivity index (χ3v) is 4.60. The van der Waals surface area contributed by atoms with Crippen LogP contribution in [0.5, 0.6) is 5.75 Å². The van der Waals surface area contributed by atoms with E-state index in [9.17, 15) is 19.7 Å². The molecule has 0 bridgehead atoms.